The lowest BCUT2D eigenvalue weighted by Gasteiger charge is -2.34. The third kappa shape index (κ3) is 3.96. The van der Waals surface area contributed by atoms with Crippen LogP contribution >= 0.6 is 0 Å². The van der Waals surface area contributed by atoms with E-state index >= 15 is 0 Å². The van der Waals surface area contributed by atoms with Crippen molar-refractivity contribution >= 4 is 38.2 Å². The van der Waals surface area contributed by atoms with E-state index in [1.54, 1.807) is 12.1 Å². The van der Waals surface area contributed by atoms with Crippen molar-refractivity contribution in [3.8, 4) is 0 Å². The fourth-order valence-corrected chi connectivity index (χ4v) is 5.24. The molecular formula is C21H22N6O4S. The Morgan fingerprint density at radius 2 is 1.75 bits per heavy atom. The fraction of sp³-hybridized carbons (Fsp3) is 0.333. The molecule has 2 fully saturated rings. The standard InChI is InChI=1S/C21H22N6O4S/c28-27(29)19-14-22-21(24-20(19)23-17-6-7-17)25-9-11-26(12-10-25)32(30,31)18-8-5-15-3-1-2-4-16(15)13-18/h1-5,8,13-14,17H,6-7,9-12H2,(H,22,23,24). The zero-order valence-corrected chi connectivity index (χ0v) is 18.0. The predicted molar refractivity (Wildman–Crippen MR) is 120 cm³/mol. The summed E-state index contributed by atoms with van der Waals surface area (Å²) in [6, 6.07) is 13.0. The molecule has 1 aromatic heterocycles. The van der Waals surface area contributed by atoms with Gasteiger partial charge in [0.15, 0.2) is 0 Å². The quantitative estimate of drug-likeness (QED) is 0.446. The zero-order valence-electron chi connectivity index (χ0n) is 17.2. The highest BCUT2D eigenvalue weighted by atomic mass is 32.2. The van der Waals surface area contributed by atoms with Gasteiger partial charge in [-0.05, 0) is 35.7 Å². The second kappa shape index (κ2) is 7.99. The van der Waals surface area contributed by atoms with Crippen molar-refractivity contribution in [2.45, 2.75) is 23.8 Å². The maximum Gasteiger partial charge on any atom is 0.329 e. The van der Waals surface area contributed by atoms with Crippen LogP contribution in [0, 0.1) is 10.1 Å². The first-order valence-electron chi connectivity index (χ1n) is 10.4. The van der Waals surface area contributed by atoms with Gasteiger partial charge in [-0.15, -0.1) is 0 Å². The monoisotopic (exact) mass is 454 g/mol. The van der Waals surface area contributed by atoms with E-state index < -0.39 is 14.9 Å². The van der Waals surface area contributed by atoms with Crippen LogP contribution in [0.15, 0.2) is 53.6 Å². The Kier molecular flexibility index (Phi) is 5.14. The molecule has 2 aromatic carbocycles. The van der Waals surface area contributed by atoms with Gasteiger partial charge in [0, 0.05) is 32.2 Å². The Bertz CT molecular complexity index is 1290. The maximum atomic E-state index is 13.2. The highest BCUT2D eigenvalue weighted by Gasteiger charge is 2.31. The molecular weight excluding hydrogens is 432 g/mol. The van der Waals surface area contributed by atoms with Crippen LogP contribution < -0.4 is 10.2 Å². The summed E-state index contributed by atoms with van der Waals surface area (Å²) >= 11 is 0. The lowest BCUT2D eigenvalue weighted by Crippen LogP contribution is -2.49. The second-order valence-corrected chi connectivity index (χ2v) is 9.92. The number of sulfonamides is 1. The first-order valence-corrected chi connectivity index (χ1v) is 11.9. The Morgan fingerprint density at radius 3 is 2.44 bits per heavy atom. The number of nitrogens with zero attached hydrogens (tertiary/aromatic N) is 5. The number of benzene rings is 2. The van der Waals surface area contributed by atoms with Gasteiger partial charge >= 0.3 is 5.69 Å². The largest absolute Gasteiger partial charge is 0.361 e. The van der Waals surface area contributed by atoms with Gasteiger partial charge < -0.3 is 10.2 Å². The molecule has 1 saturated heterocycles. The summed E-state index contributed by atoms with van der Waals surface area (Å²) in [6.45, 7) is 1.35. The van der Waals surface area contributed by atoms with E-state index in [1.165, 1.54) is 10.5 Å². The van der Waals surface area contributed by atoms with Crippen LogP contribution in [0.3, 0.4) is 0 Å². The maximum absolute atomic E-state index is 13.2. The predicted octanol–water partition coefficient (Wildman–Crippen LogP) is 2.62. The first-order chi connectivity index (χ1) is 15.4. The van der Waals surface area contributed by atoms with Crippen molar-refractivity contribution in [3.05, 3.63) is 58.8 Å². The molecule has 2 heterocycles. The molecule has 11 heteroatoms. The van der Waals surface area contributed by atoms with Crippen LogP contribution in [-0.4, -0.2) is 59.8 Å². The van der Waals surface area contributed by atoms with Crippen LogP contribution in [0.1, 0.15) is 12.8 Å². The van der Waals surface area contributed by atoms with Crippen LogP contribution in [-0.2, 0) is 10.0 Å². The SMILES string of the molecule is O=[N+]([O-])c1cnc(N2CCN(S(=O)(=O)c3ccc4ccccc4c3)CC2)nc1NC1CC1. The van der Waals surface area contributed by atoms with E-state index in [9.17, 15) is 18.5 Å². The Hall–Kier alpha value is -3.31. The van der Waals surface area contributed by atoms with E-state index in [0.29, 0.717) is 19.0 Å². The van der Waals surface area contributed by atoms with Crippen LogP contribution in [0.5, 0.6) is 0 Å². The summed E-state index contributed by atoms with van der Waals surface area (Å²) in [5.74, 6) is 0.579. The molecule has 0 amide bonds. The molecule has 32 heavy (non-hydrogen) atoms. The van der Waals surface area contributed by atoms with Crippen molar-refractivity contribution < 1.29 is 13.3 Å². The third-order valence-electron chi connectivity index (χ3n) is 5.75. The average Bonchev–Trinajstić information content (AvgIpc) is 3.62. The van der Waals surface area contributed by atoms with E-state index in [1.807, 2.05) is 35.2 Å². The second-order valence-electron chi connectivity index (χ2n) is 7.98. The number of hydrogen-bond donors (Lipinski definition) is 1. The van der Waals surface area contributed by atoms with Gasteiger partial charge in [-0.2, -0.15) is 9.29 Å². The molecule has 0 atom stereocenters. The molecule has 1 saturated carbocycles. The van der Waals surface area contributed by atoms with Gasteiger partial charge in [0.2, 0.25) is 21.8 Å². The molecule has 0 spiro atoms. The number of piperazine rings is 1. The van der Waals surface area contributed by atoms with Crippen molar-refractivity contribution in [1.82, 2.24) is 14.3 Å². The minimum absolute atomic E-state index is 0.154. The van der Waals surface area contributed by atoms with Gasteiger partial charge in [0.25, 0.3) is 0 Å². The van der Waals surface area contributed by atoms with Gasteiger partial charge in [0.05, 0.1) is 9.82 Å². The summed E-state index contributed by atoms with van der Waals surface area (Å²) < 4.78 is 27.8. The molecule has 2 aliphatic rings. The van der Waals surface area contributed by atoms with Crippen LogP contribution in [0.25, 0.3) is 10.8 Å². The number of fused-ring (bicyclic) bond motifs is 1. The smallest absolute Gasteiger partial charge is 0.329 e. The lowest BCUT2D eigenvalue weighted by molar-refractivity contribution is -0.384. The molecule has 0 unspecified atom stereocenters. The Morgan fingerprint density at radius 1 is 1.03 bits per heavy atom. The van der Waals surface area contributed by atoms with Crippen LogP contribution in [0.4, 0.5) is 17.5 Å². The van der Waals surface area contributed by atoms with Gasteiger partial charge in [-0.25, -0.2) is 13.4 Å². The van der Waals surface area contributed by atoms with E-state index in [2.05, 4.69) is 15.3 Å². The summed E-state index contributed by atoms with van der Waals surface area (Å²) in [6.07, 6.45) is 3.13. The summed E-state index contributed by atoms with van der Waals surface area (Å²) in [5, 5.41) is 16.2. The Labute approximate surface area is 185 Å². The summed E-state index contributed by atoms with van der Waals surface area (Å²) in [5.41, 5.74) is -0.154. The number of anilines is 2. The van der Waals surface area contributed by atoms with Gasteiger partial charge in [-0.3, -0.25) is 10.1 Å². The van der Waals surface area contributed by atoms with E-state index in [0.717, 1.165) is 23.6 Å². The minimum atomic E-state index is -3.63. The van der Waals surface area contributed by atoms with E-state index in [4.69, 9.17) is 0 Å². The van der Waals surface area contributed by atoms with Gasteiger partial charge in [-0.1, -0.05) is 30.3 Å². The van der Waals surface area contributed by atoms with Gasteiger partial charge in [0.1, 0.15) is 6.20 Å². The Balaban J connectivity index is 1.32. The topological polar surface area (TPSA) is 122 Å². The molecule has 5 rings (SSSR count). The lowest BCUT2D eigenvalue weighted by atomic mass is 10.1. The van der Waals surface area contributed by atoms with Crippen molar-refractivity contribution in [3.63, 3.8) is 0 Å². The van der Waals surface area contributed by atoms with Crippen molar-refractivity contribution in [1.29, 1.82) is 0 Å². The summed E-state index contributed by atoms with van der Waals surface area (Å²) in [7, 11) is -3.63. The molecule has 10 nitrogen and oxygen atoms in total. The zero-order chi connectivity index (χ0) is 22.3. The van der Waals surface area contributed by atoms with Crippen LogP contribution in [0.2, 0.25) is 0 Å². The number of hydrogen-bond acceptors (Lipinski definition) is 8. The summed E-state index contributed by atoms with van der Waals surface area (Å²) in [4.78, 5) is 21.4. The normalized spacial score (nSPS) is 17.4. The first kappa shape index (κ1) is 20.6. The third-order valence-corrected chi connectivity index (χ3v) is 7.65. The number of nitrogens with one attached hydrogen (secondary N) is 1. The molecule has 166 valence electrons. The molecule has 0 bridgehead atoms. The molecule has 0 radical (unpaired) electrons. The molecule has 1 aliphatic carbocycles. The van der Waals surface area contributed by atoms with E-state index in [-0.39, 0.29) is 35.5 Å². The molecule has 1 aliphatic heterocycles. The number of nitro groups is 1. The highest BCUT2D eigenvalue weighted by Crippen LogP contribution is 2.30. The average molecular weight is 455 g/mol. The van der Waals surface area contributed by atoms with Crippen molar-refractivity contribution in [2.24, 2.45) is 0 Å². The number of aromatic nitrogens is 2. The molecule has 1 N–H and O–H groups in total. The van der Waals surface area contributed by atoms with Crippen molar-refractivity contribution in [2.75, 3.05) is 36.4 Å². The fourth-order valence-electron chi connectivity index (χ4n) is 3.78. The number of rotatable bonds is 6. The minimum Gasteiger partial charge on any atom is -0.361 e. The molecule has 3 aromatic rings. The highest BCUT2D eigenvalue weighted by molar-refractivity contribution is 7.89.